The third-order valence-corrected chi connectivity index (χ3v) is 5.98. The number of benzene rings is 2. The number of hydrogen-bond acceptors (Lipinski definition) is 4. The largest absolute Gasteiger partial charge is 0.398 e. The van der Waals surface area contributed by atoms with Gasteiger partial charge < -0.3 is 11.1 Å². The second kappa shape index (κ2) is 6.57. The van der Waals surface area contributed by atoms with E-state index in [0.29, 0.717) is 10.8 Å². The molecule has 0 amide bonds. The zero-order valence-corrected chi connectivity index (χ0v) is 16.1. The third-order valence-electron chi connectivity index (χ3n) is 5.68. The van der Waals surface area contributed by atoms with Crippen LogP contribution < -0.4 is 5.73 Å². The molecule has 5 heteroatoms. The number of nitrogens with two attached hydrogens (primary N) is 1. The number of hydrogen-bond donors (Lipinski definition) is 2. The topological polar surface area (TPSA) is 75.7 Å². The SMILES string of the molecule is N=Cc1c(N)ccc2nc(-c3ccc4c(Cl)nccc4c3)c3c(c12)CCCC3. The second-order valence-electron chi connectivity index (χ2n) is 7.27. The van der Waals surface area contributed by atoms with Crippen molar-refractivity contribution < 1.29 is 0 Å². The summed E-state index contributed by atoms with van der Waals surface area (Å²) in [5.41, 5.74) is 13.2. The normalized spacial score (nSPS) is 13.6. The third kappa shape index (κ3) is 2.56. The molecule has 0 fully saturated rings. The molecule has 1 aliphatic carbocycles. The monoisotopic (exact) mass is 386 g/mol. The Morgan fingerprint density at radius 1 is 1.04 bits per heavy atom. The van der Waals surface area contributed by atoms with Crippen molar-refractivity contribution in [2.45, 2.75) is 25.7 Å². The maximum atomic E-state index is 7.86. The zero-order valence-electron chi connectivity index (χ0n) is 15.3. The summed E-state index contributed by atoms with van der Waals surface area (Å²) >= 11 is 6.24. The summed E-state index contributed by atoms with van der Waals surface area (Å²) in [5.74, 6) is 0. The van der Waals surface area contributed by atoms with Crippen LogP contribution in [0.25, 0.3) is 32.9 Å². The van der Waals surface area contributed by atoms with Crippen molar-refractivity contribution in [1.82, 2.24) is 9.97 Å². The Bertz CT molecular complexity index is 1260. The molecule has 4 nitrogen and oxygen atoms in total. The number of fused-ring (bicyclic) bond motifs is 4. The Morgan fingerprint density at radius 3 is 2.68 bits per heavy atom. The van der Waals surface area contributed by atoms with Crippen LogP contribution in [0.5, 0.6) is 0 Å². The van der Waals surface area contributed by atoms with Gasteiger partial charge in [-0.25, -0.2) is 9.97 Å². The van der Waals surface area contributed by atoms with E-state index in [2.05, 4.69) is 17.1 Å². The van der Waals surface area contributed by atoms with Crippen molar-refractivity contribution in [3.63, 3.8) is 0 Å². The smallest absolute Gasteiger partial charge is 0.136 e. The summed E-state index contributed by atoms with van der Waals surface area (Å²) in [6, 6.07) is 12.0. The van der Waals surface area contributed by atoms with Crippen LogP contribution in [0.1, 0.15) is 29.5 Å². The van der Waals surface area contributed by atoms with Crippen molar-refractivity contribution in [3.8, 4) is 11.3 Å². The van der Waals surface area contributed by atoms with Crippen molar-refractivity contribution in [2.24, 2.45) is 0 Å². The van der Waals surface area contributed by atoms with Gasteiger partial charge in [0.25, 0.3) is 0 Å². The molecule has 2 aromatic heterocycles. The lowest BCUT2D eigenvalue weighted by Crippen LogP contribution is -2.09. The maximum Gasteiger partial charge on any atom is 0.136 e. The van der Waals surface area contributed by atoms with E-state index in [4.69, 9.17) is 27.7 Å². The van der Waals surface area contributed by atoms with E-state index < -0.39 is 0 Å². The van der Waals surface area contributed by atoms with Gasteiger partial charge in [0, 0.05) is 40.0 Å². The summed E-state index contributed by atoms with van der Waals surface area (Å²) in [6.45, 7) is 0. The summed E-state index contributed by atoms with van der Waals surface area (Å²) in [7, 11) is 0. The predicted octanol–water partition coefficient (Wildman–Crippen LogP) is 5.56. The molecule has 4 aromatic rings. The van der Waals surface area contributed by atoms with Gasteiger partial charge in [-0.15, -0.1) is 0 Å². The minimum Gasteiger partial charge on any atom is -0.398 e. The Kier molecular flexibility index (Phi) is 4.02. The molecule has 0 aliphatic heterocycles. The number of aromatic nitrogens is 2. The van der Waals surface area contributed by atoms with E-state index in [-0.39, 0.29) is 0 Å². The Balaban J connectivity index is 1.83. The molecule has 2 aromatic carbocycles. The van der Waals surface area contributed by atoms with Crippen LogP contribution in [0.3, 0.4) is 0 Å². The molecule has 1 aliphatic rings. The highest BCUT2D eigenvalue weighted by molar-refractivity contribution is 6.34. The molecule has 0 bridgehead atoms. The van der Waals surface area contributed by atoms with Gasteiger partial charge in [-0.2, -0.15) is 0 Å². The lowest BCUT2D eigenvalue weighted by atomic mass is 9.84. The molecule has 3 N–H and O–H groups in total. The zero-order chi connectivity index (χ0) is 19.3. The fraction of sp³-hybridized carbons (Fsp3) is 0.174. The van der Waals surface area contributed by atoms with Crippen LogP contribution in [0, 0.1) is 5.41 Å². The average molecular weight is 387 g/mol. The van der Waals surface area contributed by atoms with Gasteiger partial charge in [0.15, 0.2) is 0 Å². The average Bonchev–Trinajstić information content (AvgIpc) is 2.73. The van der Waals surface area contributed by atoms with E-state index in [0.717, 1.165) is 64.2 Å². The summed E-state index contributed by atoms with van der Waals surface area (Å²) in [6.07, 6.45) is 7.38. The maximum absolute atomic E-state index is 7.86. The number of aryl methyl sites for hydroxylation is 1. The van der Waals surface area contributed by atoms with E-state index >= 15 is 0 Å². The summed E-state index contributed by atoms with van der Waals surface area (Å²) in [4.78, 5) is 9.20. The number of nitrogen functional groups attached to an aromatic ring is 1. The molecule has 138 valence electrons. The fourth-order valence-corrected chi connectivity index (χ4v) is 4.58. The Hall–Kier alpha value is -2.98. The molecule has 2 heterocycles. The first-order chi connectivity index (χ1) is 13.7. The number of nitrogens with one attached hydrogen (secondary N) is 1. The number of pyridine rings is 2. The minimum atomic E-state index is 0.517. The number of nitrogens with zero attached hydrogens (tertiary/aromatic N) is 2. The first-order valence-electron chi connectivity index (χ1n) is 9.46. The number of halogens is 1. The van der Waals surface area contributed by atoms with Gasteiger partial charge in [-0.3, -0.25) is 0 Å². The van der Waals surface area contributed by atoms with E-state index in [1.807, 2.05) is 24.3 Å². The van der Waals surface area contributed by atoms with Gasteiger partial charge in [-0.05, 0) is 66.5 Å². The van der Waals surface area contributed by atoms with Crippen LogP contribution in [0.15, 0.2) is 42.6 Å². The first-order valence-corrected chi connectivity index (χ1v) is 9.84. The molecule has 0 atom stereocenters. The second-order valence-corrected chi connectivity index (χ2v) is 7.63. The van der Waals surface area contributed by atoms with Crippen LogP contribution in [-0.4, -0.2) is 16.2 Å². The van der Waals surface area contributed by atoms with Crippen molar-refractivity contribution in [1.29, 1.82) is 5.41 Å². The molecular weight excluding hydrogens is 368 g/mol. The molecule has 0 saturated heterocycles. The molecular formula is C23H19ClN4. The van der Waals surface area contributed by atoms with Gasteiger partial charge in [-0.1, -0.05) is 23.7 Å². The van der Waals surface area contributed by atoms with E-state index in [1.54, 1.807) is 6.20 Å². The highest BCUT2D eigenvalue weighted by Crippen LogP contribution is 2.38. The summed E-state index contributed by atoms with van der Waals surface area (Å²) in [5, 5.41) is 11.4. The minimum absolute atomic E-state index is 0.517. The van der Waals surface area contributed by atoms with Crippen molar-refractivity contribution >= 4 is 45.2 Å². The standard InChI is InChI=1S/C23H19ClN4/c24-23-15-6-5-14(11-13(15)9-10-27-23)22-17-4-2-1-3-16(17)21-18(12-25)19(26)7-8-20(21)28-22/h5-12,25H,1-4,26H2. The fourth-order valence-electron chi connectivity index (χ4n) is 4.35. The van der Waals surface area contributed by atoms with Gasteiger partial charge in [0.2, 0.25) is 0 Å². The van der Waals surface area contributed by atoms with E-state index in [1.165, 1.54) is 17.3 Å². The predicted molar refractivity (Wildman–Crippen MR) is 116 cm³/mol. The van der Waals surface area contributed by atoms with Crippen LogP contribution in [0.4, 0.5) is 5.69 Å². The molecule has 0 unspecified atom stereocenters. The lowest BCUT2D eigenvalue weighted by molar-refractivity contribution is 0.689. The van der Waals surface area contributed by atoms with Crippen LogP contribution >= 0.6 is 11.6 Å². The molecule has 5 rings (SSSR count). The Morgan fingerprint density at radius 2 is 1.86 bits per heavy atom. The number of rotatable bonds is 2. The number of anilines is 1. The van der Waals surface area contributed by atoms with Crippen molar-refractivity contribution in [3.05, 3.63) is 64.4 Å². The van der Waals surface area contributed by atoms with Gasteiger partial charge in [0.05, 0.1) is 11.2 Å². The van der Waals surface area contributed by atoms with Crippen molar-refractivity contribution in [2.75, 3.05) is 5.73 Å². The molecule has 0 saturated carbocycles. The first kappa shape index (κ1) is 17.1. The van der Waals surface area contributed by atoms with Gasteiger partial charge >= 0.3 is 0 Å². The quantitative estimate of drug-likeness (QED) is 0.269. The molecule has 0 radical (unpaired) electrons. The highest BCUT2D eigenvalue weighted by atomic mass is 35.5. The lowest BCUT2D eigenvalue weighted by Gasteiger charge is -2.23. The van der Waals surface area contributed by atoms with Crippen LogP contribution in [-0.2, 0) is 12.8 Å². The van der Waals surface area contributed by atoms with Gasteiger partial charge in [0.1, 0.15) is 5.15 Å². The molecule has 28 heavy (non-hydrogen) atoms. The highest BCUT2D eigenvalue weighted by Gasteiger charge is 2.21. The Labute approximate surface area is 167 Å². The van der Waals surface area contributed by atoms with E-state index in [9.17, 15) is 0 Å². The van der Waals surface area contributed by atoms with Crippen LogP contribution in [0.2, 0.25) is 5.15 Å². The summed E-state index contributed by atoms with van der Waals surface area (Å²) < 4.78 is 0. The molecule has 0 spiro atoms.